The van der Waals surface area contributed by atoms with Gasteiger partial charge in [-0.05, 0) is 0 Å². The maximum absolute atomic E-state index is 0. The summed E-state index contributed by atoms with van der Waals surface area (Å²) in [5.41, 5.74) is 0. The van der Waals surface area contributed by atoms with E-state index < -0.39 is 0 Å². The molecule has 0 amide bonds. The summed E-state index contributed by atoms with van der Waals surface area (Å²) in [5, 5.41) is 0. The van der Waals surface area contributed by atoms with Crippen molar-refractivity contribution in [3.8, 4) is 0 Å². The van der Waals surface area contributed by atoms with Crippen molar-refractivity contribution in [2.75, 3.05) is 0 Å². The van der Waals surface area contributed by atoms with Crippen LogP contribution in [-0.2, 0) is 0 Å². The van der Waals surface area contributed by atoms with Crippen LogP contribution >= 0.6 is 0 Å². The Morgan fingerprint density at radius 2 is 0.188 bits per heavy atom. The second-order valence-electron chi connectivity index (χ2n) is 0. The van der Waals surface area contributed by atoms with Crippen LogP contribution in [0.3, 0.4) is 0 Å². The fourth-order valence-electron chi connectivity index (χ4n) is 0. The molecule has 0 saturated carbocycles. The minimum absolute atomic E-state index is 0. The molecule has 0 aromatic rings. The SMILES string of the molecule is O.[H-].[H-].[H-].[H-].[H-].[H-].[H-].[H-].[H-].[H-].[H-].[H-].[H-].[H-].[H-].[H-].[H-].[H-].[H-].[H-].[H-].[H-].[H-].[H-].[H-].[H-].[H-].[H-].[H-].[H-].[Mg+2].[Mg+2].[Mg+2].[Mg+2].[Mg+2].[Mg+2].[Mg+2].[Mg+2].[Mg+2].[Mg+2].[Mg+2].[Mg+2].[Mg+2].[Mg+2].[Mg+2]. The monoisotopic (exact) mass is 408 g/mol. The van der Waals surface area contributed by atoms with Crippen LogP contribution in [0.1, 0.15) is 42.8 Å². The predicted octanol–water partition coefficient (Wildman–Crippen LogP) is -3.16. The molecule has 0 unspecified atom stereocenters. The van der Waals surface area contributed by atoms with Gasteiger partial charge in [0.05, 0.1) is 0 Å². The Bertz CT molecular complexity index is 48.3. The molecule has 0 heterocycles. The van der Waals surface area contributed by atoms with E-state index in [4.69, 9.17) is 0 Å². The molecule has 0 aliphatic carbocycles. The molecule has 0 fully saturated rings. The Hall–Kier alpha value is 11.5. The van der Waals surface area contributed by atoms with E-state index in [1.807, 2.05) is 0 Å². The van der Waals surface area contributed by atoms with E-state index in [0.717, 1.165) is 0 Å². The standard InChI is InChI=1S/15Mg.H2O.30H/h;;;;;;;;;;;;;;;1H2;;;;;;;;;;;;;;;;;;;;;;;;;;;;;;/q15*+2;;30*-1. The molecular weight excluding hydrogens is 381 g/mol. The van der Waals surface area contributed by atoms with Gasteiger partial charge in [0, 0.05) is 0 Å². The summed E-state index contributed by atoms with van der Waals surface area (Å²) in [6, 6.07) is 0. The Balaban J connectivity index is 0. The van der Waals surface area contributed by atoms with Crippen LogP contribution < -0.4 is 0 Å². The molecule has 0 rings (SSSR count). The van der Waals surface area contributed by atoms with Gasteiger partial charge in [-0.2, -0.15) is 0 Å². The summed E-state index contributed by atoms with van der Waals surface area (Å²) in [7, 11) is 0. The van der Waals surface area contributed by atoms with Gasteiger partial charge in [0.25, 0.3) is 0 Å². The number of hydrogen-bond acceptors (Lipinski definition) is 0. The van der Waals surface area contributed by atoms with Crippen molar-refractivity contribution < 1.29 is 48.3 Å². The summed E-state index contributed by atoms with van der Waals surface area (Å²) < 4.78 is 0. The Labute approximate surface area is 385 Å². The van der Waals surface area contributed by atoms with Gasteiger partial charge in [0.1, 0.15) is 0 Å². The molecule has 0 bridgehead atoms. The molecule has 0 aromatic heterocycles. The molecule has 0 atom stereocenters. The van der Waals surface area contributed by atoms with Crippen molar-refractivity contribution in [2.24, 2.45) is 0 Å². The van der Waals surface area contributed by atoms with E-state index in [1.165, 1.54) is 0 Å². The average Bonchev–Trinajstić information content (AvgIpc) is 0. The van der Waals surface area contributed by atoms with Crippen LogP contribution in [0.15, 0.2) is 0 Å². The van der Waals surface area contributed by atoms with E-state index in [1.54, 1.807) is 0 Å². The van der Waals surface area contributed by atoms with Gasteiger partial charge in [-0.25, -0.2) is 0 Å². The van der Waals surface area contributed by atoms with Gasteiger partial charge in [-0.3, -0.25) is 0 Å². The third-order valence-electron chi connectivity index (χ3n) is 0. The van der Waals surface area contributed by atoms with Crippen LogP contribution in [0.25, 0.3) is 0 Å². The van der Waals surface area contributed by atoms with Gasteiger partial charge in [0.15, 0.2) is 0 Å². The first-order chi connectivity index (χ1) is 0. The van der Waals surface area contributed by atoms with Gasteiger partial charge >= 0.3 is 346 Å². The first-order valence-electron chi connectivity index (χ1n) is 0. The predicted molar refractivity (Wildman–Crippen MR) is 123 cm³/mol. The molecule has 0 saturated heterocycles. The van der Waals surface area contributed by atoms with Crippen molar-refractivity contribution in [2.45, 2.75) is 0 Å². The minimum atomic E-state index is 0. The Morgan fingerprint density at radius 3 is 0.188 bits per heavy atom. The quantitative estimate of drug-likeness (QED) is 0.376. The van der Waals surface area contributed by atoms with Crippen molar-refractivity contribution in [1.82, 2.24) is 0 Å². The summed E-state index contributed by atoms with van der Waals surface area (Å²) in [6.07, 6.45) is 0. The number of hydrogen-bond donors (Lipinski definition) is 0. The van der Waals surface area contributed by atoms with E-state index in [0.29, 0.717) is 0 Å². The normalized spacial score (nSPS) is 0. The largest absolute Gasteiger partial charge is 2.00 e. The second kappa shape index (κ2) is 131. The van der Waals surface area contributed by atoms with Crippen LogP contribution in [-0.4, -0.2) is 351 Å². The van der Waals surface area contributed by atoms with Crippen molar-refractivity contribution >= 4 is 346 Å². The summed E-state index contributed by atoms with van der Waals surface area (Å²) in [5.74, 6) is 0. The molecule has 16 heteroatoms. The van der Waals surface area contributed by atoms with Gasteiger partial charge in [-0.1, -0.05) is 0 Å². The van der Waals surface area contributed by atoms with Crippen molar-refractivity contribution in [3.05, 3.63) is 0 Å². The summed E-state index contributed by atoms with van der Waals surface area (Å²) in [4.78, 5) is 0. The van der Waals surface area contributed by atoms with Crippen LogP contribution in [0, 0.1) is 0 Å². The smallest absolute Gasteiger partial charge is 1.00 e. The molecule has 68 valence electrons. The Kier molecular flexibility index (Phi) is 1200. The molecule has 1 nitrogen and oxygen atoms in total. The maximum atomic E-state index is 0. The fraction of sp³-hybridized carbons (Fsp3) is 0. The van der Waals surface area contributed by atoms with E-state index >= 15 is 0 Å². The third-order valence-corrected chi connectivity index (χ3v) is 0. The third kappa shape index (κ3) is 116. The van der Waals surface area contributed by atoms with E-state index in [-0.39, 0.29) is 394 Å². The van der Waals surface area contributed by atoms with Crippen LogP contribution in [0.5, 0.6) is 0 Å². The zero-order valence-corrected chi connectivity index (χ0v) is 32.3. The summed E-state index contributed by atoms with van der Waals surface area (Å²) in [6.45, 7) is 0. The zero-order valence-electron chi connectivity index (χ0n) is 41.1. The molecule has 0 aromatic carbocycles. The molecule has 16 heavy (non-hydrogen) atoms. The maximum Gasteiger partial charge on any atom is 2.00 e. The molecule has 0 aliphatic heterocycles. The van der Waals surface area contributed by atoms with Crippen LogP contribution in [0.4, 0.5) is 0 Å². The first kappa shape index (κ1) is 146. The van der Waals surface area contributed by atoms with E-state index in [2.05, 4.69) is 0 Å². The Morgan fingerprint density at radius 1 is 0.188 bits per heavy atom. The molecule has 0 aliphatic rings. The molecule has 0 radical (unpaired) electrons. The summed E-state index contributed by atoms with van der Waals surface area (Å²) >= 11 is 0. The number of rotatable bonds is 0. The van der Waals surface area contributed by atoms with Gasteiger partial charge in [0.2, 0.25) is 0 Å². The van der Waals surface area contributed by atoms with Crippen molar-refractivity contribution in [1.29, 1.82) is 0 Å². The average molecular weight is 413 g/mol. The zero-order chi connectivity index (χ0) is 0. The molecule has 0 spiro atoms. The van der Waals surface area contributed by atoms with Crippen molar-refractivity contribution in [3.63, 3.8) is 0 Å². The van der Waals surface area contributed by atoms with Crippen LogP contribution in [0.2, 0.25) is 0 Å². The van der Waals surface area contributed by atoms with Gasteiger partial charge in [-0.15, -0.1) is 0 Å². The molecule has 2 N–H and O–H groups in total. The fourth-order valence-corrected chi connectivity index (χ4v) is 0. The molecular formula is H32Mg15O. The second-order valence-corrected chi connectivity index (χ2v) is 0. The van der Waals surface area contributed by atoms with Gasteiger partial charge < -0.3 is 48.3 Å². The van der Waals surface area contributed by atoms with E-state index in [9.17, 15) is 0 Å². The first-order valence-corrected chi connectivity index (χ1v) is 0. The topological polar surface area (TPSA) is 31.5 Å². The minimum Gasteiger partial charge on any atom is -1.00 e.